The van der Waals surface area contributed by atoms with Gasteiger partial charge in [-0.2, -0.15) is 5.26 Å². The van der Waals surface area contributed by atoms with E-state index in [0.717, 1.165) is 42.9 Å². The molecule has 0 saturated carbocycles. The fraction of sp³-hybridized carbons (Fsp3) is 0.348. The van der Waals surface area contributed by atoms with Gasteiger partial charge in [0.05, 0.1) is 23.4 Å². The molecule has 0 atom stereocenters. The lowest BCUT2D eigenvalue weighted by Crippen LogP contribution is -2.48. The van der Waals surface area contributed by atoms with Crippen molar-refractivity contribution in [2.45, 2.75) is 32.7 Å². The zero-order chi connectivity index (χ0) is 21.8. The molecule has 2 aromatic rings. The number of carboxylic acid groups (broad SMARTS) is 1. The summed E-state index contributed by atoms with van der Waals surface area (Å²) in [5.41, 5.74) is 9.64. The minimum absolute atomic E-state index is 0.0302. The number of primary amides is 1. The first-order valence-corrected chi connectivity index (χ1v) is 9.95. The van der Waals surface area contributed by atoms with Crippen molar-refractivity contribution in [3.63, 3.8) is 0 Å². The zero-order valence-electron chi connectivity index (χ0n) is 17.3. The number of aryl methyl sites for hydroxylation is 2. The summed E-state index contributed by atoms with van der Waals surface area (Å²) < 4.78 is 0. The highest BCUT2D eigenvalue weighted by Crippen LogP contribution is 2.31. The Bertz CT molecular complexity index is 1000. The zero-order valence-corrected chi connectivity index (χ0v) is 17.3. The third-order valence-corrected chi connectivity index (χ3v) is 5.68. The van der Waals surface area contributed by atoms with E-state index < -0.39 is 11.9 Å². The second kappa shape index (κ2) is 8.87. The van der Waals surface area contributed by atoms with Gasteiger partial charge in [-0.3, -0.25) is 4.79 Å². The molecule has 0 unspecified atom stereocenters. The molecular formula is C23H26N4O3. The van der Waals surface area contributed by atoms with E-state index >= 15 is 0 Å². The average molecular weight is 406 g/mol. The highest BCUT2D eigenvalue weighted by molar-refractivity contribution is 5.91. The van der Waals surface area contributed by atoms with Crippen molar-refractivity contribution in [1.29, 1.82) is 5.26 Å². The van der Waals surface area contributed by atoms with Gasteiger partial charge in [0.1, 0.15) is 6.07 Å². The molecule has 1 saturated heterocycles. The van der Waals surface area contributed by atoms with Gasteiger partial charge in [0.25, 0.3) is 0 Å². The maximum Gasteiger partial charge on any atom is 0.336 e. The molecule has 1 amide bonds. The smallest absolute Gasteiger partial charge is 0.336 e. The Hall–Kier alpha value is -3.53. The monoisotopic (exact) mass is 406 g/mol. The first kappa shape index (κ1) is 21.2. The molecule has 30 heavy (non-hydrogen) atoms. The van der Waals surface area contributed by atoms with Crippen LogP contribution in [0.2, 0.25) is 0 Å². The Morgan fingerprint density at radius 1 is 1.20 bits per heavy atom. The molecule has 0 spiro atoms. The Kier molecular flexibility index (Phi) is 6.26. The highest BCUT2D eigenvalue weighted by Gasteiger charge is 2.28. The van der Waals surface area contributed by atoms with Gasteiger partial charge >= 0.3 is 5.97 Å². The summed E-state index contributed by atoms with van der Waals surface area (Å²) in [4.78, 5) is 27.6. The predicted octanol–water partition coefficient (Wildman–Crippen LogP) is 2.83. The summed E-state index contributed by atoms with van der Waals surface area (Å²) in [5.74, 6) is -1.44. The van der Waals surface area contributed by atoms with Crippen molar-refractivity contribution in [3.8, 4) is 6.07 Å². The number of carbonyl (C=O) groups excluding carboxylic acids is 1. The van der Waals surface area contributed by atoms with Gasteiger partial charge in [-0.1, -0.05) is 18.2 Å². The average Bonchev–Trinajstić information content (AvgIpc) is 2.72. The first-order valence-electron chi connectivity index (χ1n) is 9.95. The number of nitrogens with zero attached hydrogens (tertiary/aromatic N) is 3. The number of carbonyl (C=O) groups is 2. The van der Waals surface area contributed by atoms with E-state index in [1.165, 1.54) is 0 Å². The van der Waals surface area contributed by atoms with Crippen molar-refractivity contribution < 1.29 is 14.7 Å². The van der Waals surface area contributed by atoms with Gasteiger partial charge < -0.3 is 20.6 Å². The summed E-state index contributed by atoms with van der Waals surface area (Å²) in [7, 11) is 0. The molecule has 1 aliphatic rings. The third kappa shape index (κ3) is 4.38. The minimum atomic E-state index is -0.990. The number of anilines is 2. The van der Waals surface area contributed by atoms with Crippen LogP contribution in [0.5, 0.6) is 0 Å². The molecular weight excluding hydrogens is 380 g/mol. The van der Waals surface area contributed by atoms with Crippen LogP contribution in [0.3, 0.4) is 0 Å². The SMILES string of the molecule is Cc1cc(C)c(N(CC(N)=O)C2CCN(c3ccccc3C#N)CC2)cc1C(=O)O. The van der Waals surface area contributed by atoms with Crippen molar-refractivity contribution in [3.05, 3.63) is 58.7 Å². The normalized spacial score (nSPS) is 14.2. The second-order valence-electron chi connectivity index (χ2n) is 7.70. The van der Waals surface area contributed by atoms with Crippen LogP contribution < -0.4 is 15.5 Å². The summed E-state index contributed by atoms with van der Waals surface area (Å²) in [5, 5.41) is 18.9. The van der Waals surface area contributed by atoms with Crippen molar-refractivity contribution in [1.82, 2.24) is 0 Å². The van der Waals surface area contributed by atoms with Gasteiger partial charge in [-0.15, -0.1) is 0 Å². The standard InChI is InChI=1S/C23H26N4O3/c1-15-11-16(2)21(12-19(15)23(29)30)27(14-22(25)28)18-7-9-26(10-8-18)20-6-4-3-5-17(20)13-24/h3-6,11-12,18H,7-10,14H2,1-2H3,(H2,25,28)(H,29,30). The summed E-state index contributed by atoms with van der Waals surface area (Å²) >= 11 is 0. The molecule has 0 aromatic heterocycles. The van der Waals surface area contributed by atoms with Crippen LogP contribution >= 0.6 is 0 Å². The lowest BCUT2D eigenvalue weighted by atomic mass is 9.97. The fourth-order valence-electron chi connectivity index (χ4n) is 4.22. The molecule has 1 heterocycles. The number of hydrogen-bond donors (Lipinski definition) is 2. The fourth-order valence-corrected chi connectivity index (χ4v) is 4.22. The van der Waals surface area contributed by atoms with E-state index in [2.05, 4.69) is 11.0 Å². The number of piperidine rings is 1. The van der Waals surface area contributed by atoms with E-state index in [4.69, 9.17) is 5.73 Å². The van der Waals surface area contributed by atoms with E-state index in [1.54, 1.807) is 13.0 Å². The number of carboxylic acids is 1. The molecule has 0 bridgehead atoms. The van der Waals surface area contributed by atoms with Gasteiger partial charge in [-0.25, -0.2) is 4.79 Å². The maximum atomic E-state index is 11.8. The minimum Gasteiger partial charge on any atom is -0.478 e. The van der Waals surface area contributed by atoms with Crippen LogP contribution in [-0.4, -0.2) is 42.7 Å². The van der Waals surface area contributed by atoms with Crippen molar-refractivity contribution in [2.75, 3.05) is 29.4 Å². The summed E-state index contributed by atoms with van der Waals surface area (Å²) in [6, 6.07) is 13.3. The van der Waals surface area contributed by atoms with E-state index in [9.17, 15) is 20.0 Å². The van der Waals surface area contributed by atoms with Crippen molar-refractivity contribution in [2.24, 2.45) is 5.73 Å². The topological polar surface area (TPSA) is 111 Å². The van der Waals surface area contributed by atoms with Gasteiger partial charge in [0.2, 0.25) is 5.91 Å². The molecule has 0 aliphatic carbocycles. The Balaban J connectivity index is 1.87. The number of amides is 1. The number of hydrogen-bond acceptors (Lipinski definition) is 5. The first-order chi connectivity index (χ1) is 14.3. The van der Waals surface area contributed by atoms with Gasteiger partial charge in [-0.05, 0) is 56.0 Å². The quantitative estimate of drug-likeness (QED) is 0.763. The maximum absolute atomic E-state index is 11.8. The highest BCUT2D eigenvalue weighted by atomic mass is 16.4. The van der Waals surface area contributed by atoms with Crippen LogP contribution in [0.1, 0.15) is 39.9 Å². The summed E-state index contributed by atoms with van der Waals surface area (Å²) in [6.45, 7) is 5.18. The Morgan fingerprint density at radius 3 is 2.47 bits per heavy atom. The number of aromatic carboxylic acids is 1. The lowest BCUT2D eigenvalue weighted by molar-refractivity contribution is -0.116. The summed E-state index contributed by atoms with van der Waals surface area (Å²) in [6.07, 6.45) is 1.53. The predicted molar refractivity (Wildman–Crippen MR) is 116 cm³/mol. The van der Waals surface area contributed by atoms with Crippen LogP contribution in [0, 0.1) is 25.2 Å². The second-order valence-corrected chi connectivity index (χ2v) is 7.70. The third-order valence-electron chi connectivity index (χ3n) is 5.68. The molecule has 3 N–H and O–H groups in total. The van der Waals surface area contributed by atoms with E-state index in [0.29, 0.717) is 11.1 Å². The molecule has 2 aromatic carbocycles. The molecule has 1 fully saturated rings. The van der Waals surface area contributed by atoms with Crippen LogP contribution in [-0.2, 0) is 4.79 Å². The molecule has 1 aliphatic heterocycles. The Morgan fingerprint density at radius 2 is 1.87 bits per heavy atom. The largest absolute Gasteiger partial charge is 0.478 e. The number of rotatable bonds is 6. The molecule has 0 radical (unpaired) electrons. The number of nitriles is 1. The van der Waals surface area contributed by atoms with Gasteiger partial charge in [0, 0.05) is 24.8 Å². The van der Waals surface area contributed by atoms with Crippen LogP contribution in [0.15, 0.2) is 36.4 Å². The molecule has 156 valence electrons. The lowest BCUT2D eigenvalue weighted by Gasteiger charge is -2.41. The number of nitrogens with two attached hydrogens (primary N) is 1. The van der Waals surface area contributed by atoms with Crippen LogP contribution in [0.25, 0.3) is 0 Å². The number of para-hydroxylation sites is 1. The Labute approximate surface area is 176 Å². The molecule has 7 heteroatoms. The van der Waals surface area contributed by atoms with Crippen molar-refractivity contribution >= 4 is 23.3 Å². The number of benzene rings is 2. The van der Waals surface area contributed by atoms with Gasteiger partial charge in [0.15, 0.2) is 0 Å². The van der Waals surface area contributed by atoms with E-state index in [1.807, 2.05) is 42.2 Å². The van der Waals surface area contributed by atoms with E-state index in [-0.39, 0.29) is 18.2 Å². The molecule has 7 nitrogen and oxygen atoms in total. The van der Waals surface area contributed by atoms with Crippen LogP contribution in [0.4, 0.5) is 11.4 Å². The molecule has 3 rings (SSSR count).